The SMILES string of the molecule is C1#CC2CC3C4CCC5C(C2C1)C435. The van der Waals surface area contributed by atoms with Gasteiger partial charge in [0.15, 0.2) is 0 Å². The van der Waals surface area contributed by atoms with Crippen LogP contribution >= 0.6 is 0 Å². The maximum Gasteiger partial charge on any atom is 0.0246 e. The molecular formula is C13H14. The Bertz CT molecular complexity index is 371. The highest BCUT2D eigenvalue weighted by Gasteiger charge is 2.88. The van der Waals surface area contributed by atoms with Crippen LogP contribution in [0.4, 0.5) is 0 Å². The van der Waals surface area contributed by atoms with E-state index in [1.54, 1.807) is 12.8 Å². The predicted molar refractivity (Wildman–Crippen MR) is 49.6 cm³/mol. The number of hydrogen-bond donors (Lipinski definition) is 0. The summed E-state index contributed by atoms with van der Waals surface area (Å²) in [7, 11) is 0. The average Bonchev–Trinajstić information content (AvgIpc) is 2.83. The van der Waals surface area contributed by atoms with E-state index < -0.39 is 0 Å². The van der Waals surface area contributed by atoms with Gasteiger partial charge in [0.25, 0.3) is 0 Å². The molecule has 0 nitrogen and oxygen atoms in total. The van der Waals surface area contributed by atoms with Crippen molar-refractivity contribution in [2.24, 2.45) is 40.9 Å². The summed E-state index contributed by atoms with van der Waals surface area (Å²) in [5.74, 6) is 13.4. The molecule has 0 aromatic carbocycles. The standard InChI is InChI=1S/C13H14/c1-2-7-6-11-9-4-5-10-12(8(7)3-1)13(9,10)11/h7-12H,3-6H2. The molecule has 0 saturated heterocycles. The first-order valence-corrected chi connectivity index (χ1v) is 5.92. The maximum absolute atomic E-state index is 3.49. The Morgan fingerprint density at radius 3 is 3.00 bits per heavy atom. The normalized spacial score (nSPS) is 73.2. The van der Waals surface area contributed by atoms with Gasteiger partial charge in [0.2, 0.25) is 0 Å². The van der Waals surface area contributed by atoms with Crippen molar-refractivity contribution in [2.75, 3.05) is 0 Å². The van der Waals surface area contributed by atoms with Gasteiger partial charge in [-0.1, -0.05) is 5.92 Å². The lowest BCUT2D eigenvalue weighted by atomic mass is 9.81. The predicted octanol–water partition coefficient (Wildman–Crippen LogP) is 2.30. The number of fused-ring (bicyclic) bond motifs is 4. The summed E-state index contributed by atoms with van der Waals surface area (Å²) in [5.41, 5.74) is 0.953. The van der Waals surface area contributed by atoms with Crippen LogP contribution in [0, 0.1) is 52.8 Å². The molecule has 5 rings (SSSR count). The Morgan fingerprint density at radius 2 is 2.00 bits per heavy atom. The van der Waals surface area contributed by atoms with Crippen LogP contribution in [0.3, 0.4) is 0 Å². The van der Waals surface area contributed by atoms with Gasteiger partial charge < -0.3 is 0 Å². The van der Waals surface area contributed by atoms with Gasteiger partial charge in [-0.3, -0.25) is 0 Å². The van der Waals surface area contributed by atoms with Crippen LogP contribution in [0.1, 0.15) is 25.7 Å². The van der Waals surface area contributed by atoms with E-state index in [1.807, 2.05) is 0 Å². The van der Waals surface area contributed by atoms with E-state index >= 15 is 0 Å². The van der Waals surface area contributed by atoms with E-state index in [2.05, 4.69) is 11.8 Å². The monoisotopic (exact) mass is 170 g/mol. The van der Waals surface area contributed by atoms with Crippen LogP contribution in [-0.4, -0.2) is 0 Å². The van der Waals surface area contributed by atoms with Crippen LogP contribution in [0.15, 0.2) is 0 Å². The second-order valence-corrected chi connectivity index (χ2v) is 5.95. The summed E-state index contributed by atoms with van der Waals surface area (Å²) < 4.78 is 0. The minimum Gasteiger partial charge on any atom is -0.103 e. The smallest absolute Gasteiger partial charge is 0.0246 e. The Morgan fingerprint density at radius 1 is 1.08 bits per heavy atom. The molecular weight excluding hydrogens is 156 g/mol. The topological polar surface area (TPSA) is 0 Å². The van der Waals surface area contributed by atoms with Crippen LogP contribution in [-0.2, 0) is 0 Å². The third-order valence-electron chi connectivity index (χ3n) is 6.10. The summed E-state index contributed by atoms with van der Waals surface area (Å²) in [6.45, 7) is 0. The summed E-state index contributed by atoms with van der Waals surface area (Å²) >= 11 is 0. The molecule has 66 valence electrons. The third-order valence-corrected chi connectivity index (χ3v) is 6.10. The average molecular weight is 170 g/mol. The zero-order valence-electron chi connectivity index (χ0n) is 7.79. The second-order valence-electron chi connectivity index (χ2n) is 5.95. The van der Waals surface area contributed by atoms with Crippen molar-refractivity contribution in [2.45, 2.75) is 25.7 Å². The molecule has 0 heteroatoms. The lowest BCUT2D eigenvalue weighted by molar-refractivity contribution is 0.281. The summed E-state index contributed by atoms with van der Waals surface area (Å²) in [6.07, 6.45) is 5.91. The molecule has 0 amide bonds. The van der Waals surface area contributed by atoms with Crippen molar-refractivity contribution in [3.8, 4) is 11.8 Å². The molecule has 0 bridgehead atoms. The first kappa shape index (κ1) is 6.12. The Labute approximate surface area is 79.1 Å². The molecule has 0 aromatic rings. The first-order chi connectivity index (χ1) is 6.44. The van der Waals surface area contributed by atoms with Gasteiger partial charge >= 0.3 is 0 Å². The lowest BCUT2D eigenvalue weighted by Crippen LogP contribution is -2.18. The summed E-state index contributed by atoms with van der Waals surface area (Å²) in [5, 5.41) is 0. The van der Waals surface area contributed by atoms with E-state index in [-0.39, 0.29) is 0 Å². The minimum absolute atomic E-state index is 0.844. The van der Waals surface area contributed by atoms with Crippen molar-refractivity contribution in [1.29, 1.82) is 0 Å². The van der Waals surface area contributed by atoms with Gasteiger partial charge in [0.1, 0.15) is 0 Å². The molecule has 4 fully saturated rings. The second kappa shape index (κ2) is 1.48. The summed E-state index contributed by atoms with van der Waals surface area (Å²) in [6, 6.07) is 0. The van der Waals surface area contributed by atoms with E-state index in [1.165, 1.54) is 24.7 Å². The van der Waals surface area contributed by atoms with Crippen LogP contribution in [0.5, 0.6) is 0 Å². The molecule has 1 spiro atoms. The van der Waals surface area contributed by atoms with Gasteiger partial charge in [-0.05, 0) is 54.3 Å². The van der Waals surface area contributed by atoms with Crippen molar-refractivity contribution >= 4 is 0 Å². The molecule has 4 saturated carbocycles. The van der Waals surface area contributed by atoms with E-state index in [4.69, 9.17) is 0 Å². The molecule has 7 unspecified atom stereocenters. The van der Waals surface area contributed by atoms with Crippen molar-refractivity contribution < 1.29 is 0 Å². The Balaban J connectivity index is 1.66. The molecule has 7 atom stereocenters. The molecule has 0 N–H and O–H groups in total. The molecule has 5 aliphatic rings. The fourth-order valence-electron chi connectivity index (χ4n) is 5.89. The fraction of sp³-hybridized carbons (Fsp3) is 0.846. The minimum atomic E-state index is 0.844. The van der Waals surface area contributed by atoms with E-state index in [0.717, 1.165) is 29.1 Å². The van der Waals surface area contributed by atoms with Gasteiger partial charge in [-0.25, -0.2) is 0 Å². The molecule has 0 radical (unpaired) electrons. The third kappa shape index (κ3) is 0.413. The molecule has 0 aromatic heterocycles. The van der Waals surface area contributed by atoms with Gasteiger partial charge in [0.05, 0.1) is 0 Å². The highest BCUT2D eigenvalue weighted by atomic mass is 14.9. The van der Waals surface area contributed by atoms with Crippen molar-refractivity contribution in [3.05, 3.63) is 0 Å². The number of hydrogen-bond acceptors (Lipinski definition) is 0. The maximum atomic E-state index is 3.49. The zero-order chi connectivity index (χ0) is 8.21. The van der Waals surface area contributed by atoms with E-state index in [9.17, 15) is 0 Å². The highest BCUT2D eigenvalue weighted by molar-refractivity contribution is 5.39. The zero-order valence-corrected chi connectivity index (χ0v) is 7.79. The first-order valence-electron chi connectivity index (χ1n) is 5.92. The Hall–Kier alpha value is -0.440. The fourth-order valence-corrected chi connectivity index (χ4v) is 5.89. The molecule has 5 aliphatic carbocycles. The highest BCUT2D eigenvalue weighted by Crippen LogP contribution is 2.93. The van der Waals surface area contributed by atoms with Crippen LogP contribution in [0.25, 0.3) is 0 Å². The summed E-state index contributed by atoms with van der Waals surface area (Å²) in [4.78, 5) is 0. The molecule has 0 aliphatic heterocycles. The lowest BCUT2D eigenvalue weighted by Gasteiger charge is -2.22. The Kier molecular flexibility index (Phi) is 0.695. The quantitative estimate of drug-likeness (QED) is 0.489. The van der Waals surface area contributed by atoms with Gasteiger partial charge in [-0.2, -0.15) is 0 Å². The molecule has 0 heterocycles. The van der Waals surface area contributed by atoms with Gasteiger partial charge in [0, 0.05) is 12.3 Å². The van der Waals surface area contributed by atoms with Crippen molar-refractivity contribution in [3.63, 3.8) is 0 Å². The van der Waals surface area contributed by atoms with Gasteiger partial charge in [-0.15, -0.1) is 5.92 Å². The van der Waals surface area contributed by atoms with Crippen molar-refractivity contribution in [1.82, 2.24) is 0 Å². The van der Waals surface area contributed by atoms with E-state index in [0.29, 0.717) is 0 Å². The largest absolute Gasteiger partial charge is 0.103 e. The van der Waals surface area contributed by atoms with Crippen LogP contribution in [0.2, 0.25) is 0 Å². The van der Waals surface area contributed by atoms with Crippen LogP contribution < -0.4 is 0 Å². The number of rotatable bonds is 0. The molecule has 13 heavy (non-hydrogen) atoms.